The first-order valence-corrected chi connectivity index (χ1v) is 9.81. The molecule has 30 heavy (non-hydrogen) atoms. The van der Waals surface area contributed by atoms with Crippen LogP contribution in [0.2, 0.25) is 0 Å². The van der Waals surface area contributed by atoms with Crippen molar-refractivity contribution in [1.29, 1.82) is 0 Å². The van der Waals surface area contributed by atoms with Gasteiger partial charge in [-0.3, -0.25) is 9.59 Å². The van der Waals surface area contributed by atoms with E-state index in [1.807, 2.05) is 6.07 Å². The van der Waals surface area contributed by atoms with Crippen LogP contribution in [0.4, 0.5) is 8.78 Å². The highest BCUT2D eigenvalue weighted by Gasteiger charge is 2.25. The zero-order chi connectivity index (χ0) is 21.1. The third kappa shape index (κ3) is 4.25. The number of halogens is 2. The topological polar surface area (TPSA) is 74.0 Å². The Balaban J connectivity index is 1.58. The molecule has 0 saturated carbocycles. The fourth-order valence-electron chi connectivity index (χ4n) is 3.63. The molecule has 2 amide bonds. The summed E-state index contributed by atoms with van der Waals surface area (Å²) in [5.74, 6) is -1.12. The fraction of sp³-hybridized carbons (Fsp3) is 0.217. The summed E-state index contributed by atoms with van der Waals surface area (Å²) >= 11 is 0. The average Bonchev–Trinajstić information content (AvgIpc) is 3.34. The van der Waals surface area contributed by atoms with E-state index in [1.54, 1.807) is 30.3 Å². The van der Waals surface area contributed by atoms with E-state index in [1.165, 1.54) is 18.2 Å². The number of nitrogens with one attached hydrogen (secondary N) is 3. The number of aryl methyl sites for hydroxylation is 1. The molecule has 4 rings (SSSR count). The van der Waals surface area contributed by atoms with E-state index < -0.39 is 6.04 Å². The molecule has 1 saturated heterocycles. The van der Waals surface area contributed by atoms with Gasteiger partial charge in [0.05, 0.1) is 5.69 Å². The number of aromatic amines is 1. The molecule has 0 bridgehead atoms. The van der Waals surface area contributed by atoms with Gasteiger partial charge in [0.1, 0.15) is 17.7 Å². The molecule has 0 radical (unpaired) electrons. The Kier molecular flexibility index (Phi) is 5.61. The van der Waals surface area contributed by atoms with Gasteiger partial charge in [0.2, 0.25) is 11.8 Å². The van der Waals surface area contributed by atoms with Gasteiger partial charge in [0.15, 0.2) is 0 Å². The van der Waals surface area contributed by atoms with Crippen molar-refractivity contribution in [3.8, 4) is 22.5 Å². The number of benzene rings is 2. The summed E-state index contributed by atoms with van der Waals surface area (Å²) in [6.45, 7) is 0.556. The van der Waals surface area contributed by atoms with Crippen LogP contribution in [0.15, 0.2) is 54.6 Å². The summed E-state index contributed by atoms with van der Waals surface area (Å²) in [7, 11) is 0. The van der Waals surface area contributed by atoms with E-state index >= 15 is 0 Å². The molecular formula is C23H21F2N3O2. The van der Waals surface area contributed by atoms with Gasteiger partial charge in [0.25, 0.3) is 0 Å². The normalized spacial score (nSPS) is 15.8. The van der Waals surface area contributed by atoms with Crippen LogP contribution in [-0.2, 0) is 16.0 Å². The molecule has 1 aliphatic rings. The lowest BCUT2D eigenvalue weighted by atomic mass is 10.0. The van der Waals surface area contributed by atoms with Crippen molar-refractivity contribution >= 4 is 11.8 Å². The predicted molar refractivity (Wildman–Crippen MR) is 109 cm³/mol. The van der Waals surface area contributed by atoms with Gasteiger partial charge in [0, 0.05) is 24.2 Å². The molecule has 154 valence electrons. The van der Waals surface area contributed by atoms with Crippen LogP contribution in [0, 0.1) is 11.6 Å². The summed E-state index contributed by atoms with van der Waals surface area (Å²) in [4.78, 5) is 27.2. The van der Waals surface area contributed by atoms with Gasteiger partial charge in [-0.15, -0.1) is 0 Å². The third-order valence-corrected chi connectivity index (χ3v) is 5.20. The lowest BCUT2D eigenvalue weighted by Gasteiger charge is -2.10. The molecule has 1 atom stereocenters. The minimum atomic E-state index is -0.496. The van der Waals surface area contributed by atoms with Gasteiger partial charge in [-0.2, -0.15) is 0 Å². The highest BCUT2D eigenvalue weighted by Crippen LogP contribution is 2.31. The Morgan fingerprint density at radius 1 is 1.10 bits per heavy atom. The average molecular weight is 409 g/mol. The van der Waals surface area contributed by atoms with E-state index in [0.717, 1.165) is 11.1 Å². The maximum absolute atomic E-state index is 14.4. The maximum atomic E-state index is 14.4. The van der Waals surface area contributed by atoms with Gasteiger partial charge < -0.3 is 15.6 Å². The van der Waals surface area contributed by atoms with Crippen molar-refractivity contribution in [2.45, 2.75) is 25.3 Å². The highest BCUT2D eigenvalue weighted by atomic mass is 19.1. The van der Waals surface area contributed by atoms with E-state index in [-0.39, 0.29) is 29.9 Å². The quantitative estimate of drug-likeness (QED) is 0.582. The van der Waals surface area contributed by atoms with E-state index in [2.05, 4.69) is 15.6 Å². The van der Waals surface area contributed by atoms with Crippen LogP contribution in [0.5, 0.6) is 0 Å². The van der Waals surface area contributed by atoms with E-state index in [4.69, 9.17) is 0 Å². The van der Waals surface area contributed by atoms with Crippen molar-refractivity contribution in [2.24, 2.45) is 0 Å². The molecule has 0 aliphatic carbocycles. The summed E-state index contributed by atoms with van der Waals surface area (Å²) in [6, 6.07) is 13.8. The summed E-state index contributed by atoms with van der Waals surface area (Å²) in [5.41, 5.74) is 3.21. The van der Waals surface area contributed by atoms with Crippen LogP contribution in [-0.4, -0.2) is 29.4 Å². The number of aromatic nitrogens is 1. The SMILES string of the molecule is O=C(CCc1cc(-c2ccc(F)cc2)[nH]c1-c1ccccc1F)NC1CCNC1=O. The Labute approximate surface area is 172 Å². The molecule has 2 aromatic carbocycles. The number of carbonyl (C=O) groups is 2. The van der Waals surface area contributed by atoms with Gasteiger partial charge in [-0.05, 0) is 66.4 Å². The molecule has 7 heteroatoms. The monoisotopic (exact) mass is 409 g/mol. The number of hydrogen-bond donors (Lipinski definition) is 3. The number of H-pyrrole nitrogens is 1. The first-order chi connectivity index (χ1) is 14.5. The molecule has 5 nitrogen and oxygen atoms in total. The van der Waals surface area contributed by atoms with Crippen molar-refractivity contribution in [3.05, 3.63) is 71.8 Å². The Morgan fingerprint density at radius 3 is 2.57 bits per heavy atom. The fourth-order valence-corrected chi connectivity index (χ4v) is 3.63. The summed E-state index contributed by atoms with van der Waals surface area (Å²) < 4.78 is 27.7. The molecule has 2 heterocycles. The summed E-state index contributed by atoms with van der Waals surface area (Å²) in [6.07, 6.45) is 1.09. The van der Waals surface area contributed by atoms with Crippen LogP contribution in [0.1, 0.15) is 18.4 Å². The molecule has 0 spiro atoms. The van der Waals surface area contributed by atoms with E-state index in [0.29, 0.717) is 36.3 Å². The Bertz CT molecular complexity index is 1080. The lowest BCUT2D eigenvalue weighted by molar-refractivity contribution is -0.127. The third-order valence-electron chi connectivity index (χ3n) is 5.20. The van der Waals surface area contributed by atoms with Crippen LogP contribution in [0.3, 0.4) is 0 Å². The lowest BCUT2D eigenvalue weighted by Crippen LogP contribution is -2.40. The number of amides is 2. The minimum absolute atomic E-state index is 0.159. The maximum Gasteiger partial charge on any atom is 0.242 e. The van der Waals surface area contributed by atoms with E-state index in [9.17, 15) is 18.4 Å². The Hall–Kier alpha value is -3.48. The molecule has 1 unspecified atom stereocenters. The zero-order valence-corrected chi connectivity index (χ0v) is 16.2. The second kappa shape index (κ2) is 8.49. The number of rotatable bonds is 6. The highest BCUT2D eigenvalue weighted by molar-refractivity contribution is 5.89. The smallest absolute Gasteiger partial charge is 0.242 e. The largest absolute Gasteiger partial charge is 0.354 e. The molecular weight excluding hydrogens is 388 g/mol. The zero-order valence-electron chi connectivity index (χ0n) is 16.2. The Morgan fingerprint density at radius 2 is 1.87 bits per heavy atom. The predicted octanol–water partition coefficient (Wildman–Crippen LogP) is 3.56. The molecule has 1 aromatic heterocycles. The second-order valence-corrected chi connectivity index (χ2v) is 7.27. The second-order valence-electron chi connectivity index (χ2n) is 7.27. The first-order valence-electron chi connectivity index (χ1n) is 9.81. The molecule has 3 N–H and O–H groups in total. The molecule has 1 aliphatic heterocycles. The standard InChI is InChI=1S/C23H21F2N3O2/c24-16-8-5-14(6-9-16)20-13-15(22(28-20)17-3-1-2-4-18(17)25)7-10-21(29)27-19-11-12-26-23(19)30/h1-6,8-9,13,19,28H,7,10-12H2,(H,26,30)(H,27,29). The summed E-state index contributed by atoms with van der Waals surface area (Å²) in [5, 5.41) is 5.42. The van der Waals surface area contributed by atoms with Gasteiger partial charge in [-0.1, -0.05) is 12.1 Å². The first kappa shape index (κ1) is 19.8. The van der Waals surface area contributed by atoms with Crippen molar-refractivity contribution in [2.75, 3.05) is 6.54 Å². The van der Waals surface area contributed by atoms with Crippen molar-refractivity contribution < 1.29 is 18.4 Å². The van der Waals surface area contributed by atoms with Crippen molar-refractivity contribution in [3.63, 3.8) is 0 Å². The van der Waals surface area contributed by atoms with Gasteiger partial charge in [-0.25, -0.2) is 8.78 Å². The molecule has 3 aromatic rings. The number of carbonyl (C=O) groups excluding carboxylic acids is 2. The minimum Gasteiger partial charge on any atom is -0.354 e. The number of hydrogen-bond acceptors (Lipinski definition) is 2. The van der Waals surface area contributed by atoms with Gasteiger partial charge >= 0.3 is 0 Å². The van der Waals surface area contributed by atoms with Crippen molar-refractivity contribution in [1.82, 2.24) is 15.6 Å². The van der Waals surface area contributed by atoms with Crippen LogP contribution in [0.25, 0.3) is 22.5 Å². The molecule has 1 fully saturated rings. The van der Waals surface area contributed by atoms with Crippen LogP contribution >= 0.6 is 0 Å². The van der Waals surface area contributed by atoms with Crippen LogP contribution < -0.4 is 10.6 Å².